The molecule has 0 amide bonds. The topological polar surface area (TPSA) is 73.1 Å². The maximum absolute atomic E-state index is 9.65. The van der Waals surface area contributed by atoms with Crippen LogP contribution in [0.3, 0.4) is 0 Å². The summed E-state index contributed by atoms with van der Waals surface area (Å²) < 4.78 is 7.45. The fraction of sp³-hybridized carbons (Fsp3) is 0.154. The highest BCUT2D eigenvalue weighted by Gasteiger charge is 2.12. The molecule has 1 N–H and O–H groups in total. The summed E-state index contributed by atoms with van der Waals surface area (Å²) in [6.45, 7) is 0. The molecule has 7 heteroatoms. The van der Waals surface area contributed by atoms with Gasteiger partial charge in [0.1, 0.15) is 5.69 Å². The Hall–Kier alpha value is -1.83. The first kappa shape index (κ1) is 13.2. The van der Waals surface area contributed by atoms with E-state index in [1.165, 1.54) is 13.3 Å². The Bertz CT molecular complexity index is 759. The standard InChI is InChI=1S/C13H11BrN4O2/c1-20-13(19)10-6-15-7-12(17-10)18-11-4-9(14)3-2-8(11)5-16-18/h2-7,13,19H,1H3. The first-order valence-corrected chi connectivity index (χ1v) is 6.65. The van der Waals surface area contributed by atoms with Gasteiger partial charge in [-0.2, -0.15) is 5.10 Å². The van der Waals surface area contributed by atoms with Crippen molar-refractivity contribution >= 4 is 26.8 Å². The van der Waals surface area contributed by atoms with E-state index in [0.29, 0.717) is 11.5 Å². The summed E-state index contributed by atoms with van der Waals surface area (Å²) in [5.41, 5.74) is 1.24. The van der Waals surface area contributed by atoms with Crippen molar-refractivity contribution in [2.45, 2.75) is 6.29 Å². The molecule has 20 heavy (non-hydrogen) atoms. The molecule has 6 nitrogen and oxygen atoms in total. The number of benzene rings is 1. The summed E-state index contributed by atoms with van der Waals surface area (Å²) in [6, 6.07) is 5.86. The number of aliphatic hydroxyl groups excluding tert-OH is 1. The number of nitrogens with zero attached hydrogens (tertiary/aromatic N) is 4. The van der Waals surface area contributed by atoms with E-state index < -0.39 is 6.29 Å². The Morgan fingerprint density at radius 1 is 1.30 bits per heavy atom. The number of aliphatic hydroxyl groups is 1. The molecule has 0 aliphatic heterocycles. The van der Waals surface area contributed by atoms with E-state index in [1.54, 1.807) is 17.1 Å². The molecule has 2 aromatic heterocycles. The van der Waals surface area contributed by atoms with Gasteiger partial charge in [0.25, 0.3) is 0 Å². The number of hydrogen-bond acceptors (Lipinski definition) is 5. The Kier molecular flexibility index (Phi) is 3.47. The lowest BCUT2D eigenvalue weighted by atomic mass is 10.2. The molecule has 0 saturated carbocycles. The second-order valence-corrected chi connectivity index (χ2v) is 5.07. The molecule has 3 aromatic rings. The van der Waals surface area contributed by atoms with Crippen LogP contribution in [0.4, 0.5) is 0 Å². The van der Waals surface area contributed by atoms with Gasteiger partial charge in [-0.15, -0.1) is 0 Å². The molecule has 1 atom stereocenters. The van der Waals surface area contributed by atoms with Gasteiger partial charge in [-0.3, -0.25) is 4.98 Å². The molecule has 1 unspecified atom stereocenters. The van der Waals surface area contributed by atoms with E-state index in [1.807, 2.05) is 18.2 Å². The quantitative estimate of drug-likeness (QED) is 0.743. The third kappa shape index (κ3) is 2.31. The molecule has 0 fully saturated rings. The van der Waals surface area contributed by atoms with Crippen molar-refractivity contribution in [3.8, 4) is 5.82 Å². The van der Waals surface area contributed by atoms with Gasteiger partial charge in [0.05, 0.1) is 24.1 Å². The predicted molar refractivity (Wildman–Crippen MR) is 76.3 cm³/mol. The number of ether oxygens (including phenoxy) is 1. The summed E-state index contributed by atoms with van der Waals surface area (Å²) in [6.07, 6.45) is 3.69. The Labute approximate surface area is 123 Å². The molecule has 0 aliphatic carbocycles. The first-order chi connectivity index (χ1) is 9.69. The van der Waals surface area contributed by atoms with Crippen LogP contribution < -0.4 is 0 Å². The molecule has 1 aromatic carbocycles. The number of aromatic nitrogens is 4. The average molecular weight is 335 g/mol. The lowest BCUT2D eigenvalue weighted by Crippen LogP contribution is -2.07. The van der Waals surface area contributed by atoms with E-state index in [4.69, 9.17) is 4.74 Å². The van der Waals surface area contributed by atoms with Gasteiger partial charge in [0.15, 0.2) is 12.1 Å². The second-order valence-electron chi connectivity index (χ2n) is 4.15. The number of hydrogen-bond donors (Lipinski definition) is 1. The SMILES string of the molecule is COC(O)c1cncc(-n2ncc3ccc(Br)cc32)n1. The monoisotopic (exact) mass is 334 g/mol. The highest BCUT2D eigenvalue weighted by Crippen LogP contribution is 2.22. The van der Waals surface area contributed by atoms with Gasteiger partial charge in [-0.1, -0.05) is 22.0 Å². The Morgan fingerprint density at radius 2 is 2.15 bits per heavy atom. The van der Waals surface area contributed by atoms with Crippen LogP contribution in [0.2, 0.25) is 0 Å². The van der Waals surface area contributed by atoms with E-state index in [-0.39, 0.29) is 0 Å². The van der Waals surface area contributed by atoms with Gasteiger partial charge < -0.3 is 9.84 Å². The fourth-order valence-electron chi connectivity index (χ4n) is 1.89. The Balaban J connectivity index is 2.13. The van der Waals surface area contributed by atoms with Crippen molar-refractivity contribution in [1.29, 1.82) is 0 Å². The van der Waals surface area contributed by atoms with Crippen molar-refractivity contribution in [2.24, 2.45) is 0 Å². The fourth-order valence-corrected chi connectivity index (χ4v) is 2.24. The van der Waals surface area contributed by atoms with Gasteiger partial charge in [-0.05, 0) is 12.1 Å². The summed E-state index contributed by atoms with van der Waals surface area (Å²) in [7, 11) is 1.40. The first-order valence-electron chi connectivity index (χ1n) is 5.85. The molecule has 0 aliphatic rings. The number of halogens is 1. The normalized spacial score (nSPS) is 12.8. The van der Waals surface area contributed by atoms with Crippen molar-refractivity contribution in [2.75, 3.05) is 7.11 Å². The third-order valence-electron chi connectivity index (χ3n) is 2.87. The molecule has 0 radical (unpaired) electrons. The minimum Gasteiger partial charge on any atom is -0.363 e. The van der Waals surface area contributed by atoms with Crippen LogP contribution in [0.15, 0.2) is 41.3 Å². The summed E-state index contributed by atoms with van der Waals surface area (Å²) in [5.74, 6) is 0.520. The van der Waals surface area contributed by atoms with Gasteiger partial charge in [0.2, 0.25) is 0 Å². The van der Waals surface area contributed by atoms with E-state index >= 15 is 0 Å². The van der Waals surface area contributed by atoms with Crippen LogP contribution >= 0.6 is 15.9 Å². The van der Waals surface area contributed by atoms with Gasteiger partial charge in [-0.25, -0.2) is 9.67 Å². The van der Waals surface area contributed by atoms with Crippen LogP contribution in [0.25, 0.3) is 16.7 Å². The van der Waals surface area contributed by atoms with Crippen molar-refractivity contribution in [3.05, 3.63) is 47.0 Å². The van der Waals surface area contributed by atoms with E-state index in [2.05, 4.69) is 31.0 Å². The Morgan fingerprint density at radius 3 is 2.95 bits per heavy atom. The van der Waals surface area contributed by atoms with Crippen LogP contribution in [0, 0.1) is 0 Å². The zero-order chi connectivity index (χ0) is 14.1. The third-order valence-corrected chi connectivity index (χ3v) is 3.36. The summed E-state index contributed by atoms with van der Waals surface area (Å²) in [4.78, 5) is 8.38. The maximum atomic E-state index is 9.65. The highest BCUT2D eigenvalue weighted by molar-refractivity contribution is 9.10. The highest BCUT2D eigenvalue weighted by atomic mass is 79.9. The molecular weight excluding hydrogens is 324 g/mol. The predicted octanol–water partition coefficient (Wildman–Crippen LogP) is 2.22. The summed E-state index contributed by atoms with van der Waals surface area (Å²) in [5, 5.41) is 14.9. The smallest absolute Gasteiger partial charge is 0.199 e. The lowest BCUT2D eigenvalue weighted by Gasteiger charge is -2.09. The molecule has 102 valence electrons. The van der Waals surface area contributed by atoms with E-state index in [9.17, 15) is 5.11 Å². The molecule has 2 heterocycles. The molecule has 3 rings (SSSR count). The molecule has 0 bridgehead atoms. The van der Waals surface area contributed by atoms with Crippen LogP contribution in [-0.4, -0.2) is 32.0 Å². The lowest BCUT2D eigenvalue weighted by molar-refractivity contribution is -0.0801. The van der Waals surface area contributed by atoms with Crippen molar-refractivity contribution in [1.82, 2.24) is 19.7 Å². The average Bonchev–Trinajstić information content (AvgIpc) is 2.89. The van der Waals surface area contributed by atoms with Crippen LogP contribution in [0.1, 0.15) is 12.0 Å². The number of methoxy groups -OCH3 is 1. The second kappa shape index (κ2) is 5.28. The van der Waals surface area contributed by atoms with Crippen molar-refractivity contribution < 1.29 is 9.84 Å². The zero-order valence-corrected chi connectivity index (χ0v) is 12.1. The van der Waals surface area contributed by atoms with Gasteiger partial charge in [0, 0.05) is 17.0 Å². The largest absolute Gasteiger partial charge is 0.363 e. The number of rotatable bonds is 3. The van der Waals surface area contributed by atoms with Crippen LogP contribution in [0.5, 0.6) is 0 Å². The zero-order valence-electron chi connectivity index (χ0n) is 10.6. The molecular formula is C13H11BrN4O2. The minimum atomic E-state index is -1.10. The molecule has 0 spiro atoms. The van der Waals surface area contributed by atoms with Gasteiger partial charge >= 0.3 is 0 Å². The van der Waals surface area contributed by atoms with E-state index in [0.717, 1.165) is 15.4 Å². The van der Waals surface area contributed by atoms with Crippen molar-refractivity contribution in [3.63, 3.8) is 0 Å². The number of fused-ring (bicyclic) bond motifs is 1. The minimum absolute atomic E-state index is 0.337. The molecule has 0 saturated heterocycles. The van der Waals surface area contributed by atoms with Crippen LogP contribution in [-0.2, 0) is 4.74 Å². The summed E-state index contributed by atoms with van der Waals surface area (Å²) >= 11 is 3.44. The maximum Gasteiger partial charge on any atom is 0.199 e.